The molecule has 0 radical (unpaired) electrons. The molecule has 8 nitrogen and oxygen atoms in total. The fraction of sp³-hybridized carbons (Fsp3) is 0.909. The van der Waals surface area contributed by atoms with Crippen LogP contribution >= 0.6 is 7.82 Å². The number of unbranched alkanes of at least 4 members (excludes halogenated alkanes) is 36. The predicted molar refractivity (Wildman–Crippen MR) is 275 cm³/mol. The number of aliphatic hydroxyl groups is 1. The van der Waals surface area contributed by atoms with Crippen molar-refractivity contribution >= 4 is 13.7 Å². The van der Waals surface area contributed by atoms with E-state index in [1.807, 2.05) is 27.2 Å². The van der Waals surface area contributed by atoms with E-state index in [0.717, 1.165) is 38.5 Å². The number of nitrogens with one attached hydrogen (secondary N) is 1. The summed E-state index contributed by atoms with van der Waals surface area (Å²) in [5.74, 6) is -0.198. The van der Waals surface area contributed by atoms with Gasteiger partial charge in [0.25, 0.3) is 7.82 Å². The lowest BCUT2D eigenvalue weighted by Crippen LogP contribution is -2.45. The van der Waals surface area contributed by atoms with Crippen molar-refractivity contribution in [3.63, 3.8) is 0 Å². The Morgan fingerprint density at radius 3 is 1.22 bits per heavy atom. The summed E-state index contributed by atoms with van der Waals surface area (Å²) < 4.78 is 23.3. The van der Waals surface area contributed by atoms with Gasteiger partial charge in [-0.25, -0.2) is 0 Å². The fourth-order valence-electron chi connectivity index (χ4n) is 8.27. The van der Waals surface area contributed by atoms with Gasteiger partial charge >= 0.3 is 0 Å². The molecular formula is C55H109N2O6P. The third kappa shape index (κ3) is 48.9. The van der Waals surface area contributed by atoms with E-state index >= 15 is 0 Å². The zero-order valence-corrected chi connectivity index (χ0v) is 44.1. The van der Waals surface area contributed by atoms with Crippen LogP contribution in [0.15, 0.2) is 24.3 Å². The highest BCUT2D eigenvalue weighted by Crippen LogP contribution is 2.38. The molecule has 0 aliphatic rings. The Kier molecular flexibility index (Phi) is 46.3. The zero-order chi connectivity index (χ0) is 47.1. The van der Waals surface area contributed by atoms with Crippen molar-refractivity contribution < 1.29 is 32.9 Å². The fourth-order valence-corrected chi connectivity index (χ4v) is 8.99. The number of allylic oxidation sites excluding steroid dienone is 3. The minimum atomic E-state index is -4.59. The second-order valence-corrected chi connectivity index (χ2v) is 21.7. The van der Waals surface area contributed by atoms with Gasteiger partial charge in [0.05, 0.1) is 39.9 Å². The number of rotatable bonds is 51. The van der Waals surface area contributed by atoms with E-state index in [0.29, 0.717) is 17.4 Å². The Labute approximate surface area is 398 Å². The summed E-state index contributed by atoms with van der Waals surface area (Å²) >= 11 is 0. The van der Waals surface area contributed by atoms with Crippen LogP contribution in [0, 0.1) is 0 Å². The van der Waals surface area contributed by atoms with Gasteiger partial charge in [-0.05, 0) is 44.9 Å². The molecular weight excluding hydrogens is 816 g/mol. The van der Waals surface area contributed by atoms with Gasteiger partial charge in [0.1, 0.15) is 13.2 Å². The van der Waals surface area contributed by atoms with E-state index in [9.17, 15) is 19.4 Å². The minimum Gasteiger partial charge on any atom is -0.756 e. The first-order valence-electron chi connectivity index (χ1n) is 27.7. The molecule has 0 rings (SSSR count). The number of amides is 1. The summed E-state index contributed by atoms with van der Waals surface area (Å²) in [4.78, 5) is 25.5. The Morgan fingerprint density at radius 2 is 0.859 bits per heavy atom. The molecule has 0 heterocycles. The Bertz CT molecular complexity index is 1090. The molecule has 0 aromatic heterocycles. The molecule has 0 aromatic rings. The molecule has 9 heteroatoms. The lowest BCUT2D eigenvalue weighted by Gasteiger charge is -2.29. The van der Waals surface area contributed by atoms with Crippen LogP contribution < -0.4 is 10.2 Å². The highest BCUT2D eigenvalue weighted by Gasteiger charge is 2.23. The van der Waals surface area contributed by atoms with Crippen molar-refractivity contribution in [3.8, 4) is 0 Å². The molecule has 0 spiro atoms. The van der Waals surface area contributed by atoms with Crippen molar-refractivity contribution in [1.82, 2.24) is 5.32 Å². The summed E-state index contributed by atoms with van der Waals surface area (Å²) in [6, 6.07) is -0.887. The second-order valence-electron chi connectivity index (χ2n) is 20.3. The van der Waals surface area contributed by atoms with Crippen molar-refractivity contribution in [2.45, 2.75) is 283 Å². The summed E-state index contributed by atoms with van der Waals surface area (Å²) in [5, 5.41) is 13.9. The number of carbonyl (C=O) groups excluding carboxylic acids is 1. The number of nitrogens with zero attached hydrogens (tertiary/aromatic N) is 1. The van der Waals surface area contributed by atoms with E-state index in [4.69, 9.17) is 9.05 Å². The third-order valence-corrected chi connectivity index (χ3v) is 13.6. The van der Waals surface area contributed by atoms with Crippen LogP contribution in [0.3, 0.4) is 0 Å². The maximum atomic E-state index is 12.9. The SMILES string of the molecule is CCCCCCCCCCC/C=C\CCCCCCCCCC(=O)NC(COP(=O)([O-])OCC[N+](C)(C)C)C(O)/C=C/CCCCCCCCCCCCCCCCCCCCCC. The number of phosphoric ester groups is 1. The van der Waals surface area contributed by atoms with Gasteiger partial charge in [0, 0.05) is 6.42 Å². The summed E-state index contributed by atoms with van der Waals surface area (Å²) in [6.07, 6.45) is 58.1. The highest BCUT2D eigenvalue weighted by molar-refractivity contribution is 7.45. The van der Waals surface area contributed by atoms with Crippen LogP contribution in [0.25, 0.3) is 0 Å². The van der Waals surface area contributed by atoms with Gasteiger partial charge in [-0.3, -0.25) is 9.36 Å². The molecule has 0 aromatic carbocycles. The van der Waals surface area contributed by atoms with Gasteiger partial charge in [-0.1, -0.05) is 244 Å². The van der Waals surface area contributed by atoms with Crippen molar-refractivity contribution in [3.05, 3.63) is 24.3 Å². The summed E-state index contributed by atoms with van der Waals surface area (Å²) in [5.41, 5.74) is 0. The monoisotopic (exact) mass is 925 g/mol. The summed E-state index contributed by atoms with van der Waals surface area (Å²) in [7, 11) is 1.27. The number of quaternary nitrogens is 1. The lowest BCUT2D eigenvalue weighted by molar-refractivity contribution is -0.870. The molecule has 0 saturated heterocycles. The normalized spacial score (nSPS) is 14.2. The van der Waals surface area contributed by atoms with Crippen molar-refractivity contribution in [2.24, 2.45) is 0 Å². The standard InChI is InChI=1S/C55H109N2O6P/c1-6-8-10-12-14-16-18-20-22-24-26-28-29-30-32-34-36-38-40-42-44-46-48-54(58)53(52-63-64(60,61)62-51-50-57(3,4)5)56-55(59)49-47-45-43-41-39-37-35-33-31-27-25-23-21-19-17-15-13-11-9-7-2/h27,31,46,48,53-54,58H,6-26,28-30,32-45,47,49-52H2,1-5H3,(H-,56,59,60,61)/b31-27-,48-46+. The van der Waals surface area contributed by atoms with Crippen LogP contribution in [-0.2, 0) is 18.4 Å². The smallest absolute Gasteiger partial charge is 0.268 e. The van der Waals surface area contributed by atoms with Crippen molar-refractivity contribution in [1.29, 1.82) is 0 Å². The van der Waals surface area contributed by atoms with E-state index in [1.54, 1.807) is 6.08 Å². The van der Waals surface area contributed by atoms with Crippen LogP contribution in [0.2, 0.25) is 0 Å². The van der Waals surface area contributed by atoms with E-state index in [2.05, 4.69) is 31.3 Å². The molecule has 64 heavy (non-hydrogen) atoms. The first-order valence-corrected chi connectivity index (χ1v) is 29.2. The molecule has 3 atom stereocenters. The molecule has 0 bridgehead atoms. The van der Waals surface area contributed by atoms with Gasteiger partial charge in [-0.2, -0.15) is 0 Å². The average molecular weight is 925 g/mol. The number of hydrogen-bond acceptors (Lipinski definition) is 6. The molecule has 0 fully saturated rings. The van der Waals surface area contributed by atoms with Crippen LogP contribution in [0.4, 0.5) is 0 Å². The van der Waals surface area contributed by atoms with Crippen LogP contribution in [0.5, 0.6) is 0 Å². The first-order chi connectivity index (χ1) is 31.0. The molecule has 3 unspecified atom stereocenters. The maximum Gasteiger partial charge on any atom is 0.268 e. The quantitative estimate of drug-likeness (QED) is 0.0272. The predicted octanol–water partition coefficient (Wildman–Crippen LogP) is 15.8. The topological polar surface area (TPSA) is 108 Å². The number of hydrogen-bond donors (Lipinski definition) is 2. The Hall–Kier alpha value is -1.02. The Balaban J connectivity index is 4.25. The largest absolute Gasteiger partial charge is 0.756 e. The van der Waals surface area contributed by atoms with Crippen LogP contribution in [-0.4, -0.2) is 68.5 Å². The van der Waals surface area contributed by atoms with E-state index in [1.165, 1.54) is 212 Å². The number of carbonyl (C=O) groups is 1. The lowest BCUT2D eigenvalue weighted by atomic mass is 10.0. The molecule has 2 N–H and O–H groups in total. The van der Waals surface area contributed by atoms with Gasteiger partial charge in [0.15, 0.2) is 0 Å². The maximum absolute atomic E-state index is 12.9. The molecule has 1 amide bonds. The molecule has 0 aliphatic heterocycles. The highest BCUT2D eigenvalue weighted by atomic mass is 31.2. The first kappa shape index (κ1) is 63.0. The van der Waals surface area contributed by atoms with Crippen LogP contribution in [0.1, 0.15) is 271 Å². The molecule has 380 valence electrons. The number of phosphoric acid groups is 1. The van der Waals surface area contributed by atoms with Crippen molar-refractivity contribution in [2.75, 3.05) is 40.9 Å². The van der Waals surface area contributed by atoms with Gasteiger partial charge < -0.3 is 28.8 Å². The second kappa shape index (κ2) is 47.1. The third-order valence-electron chi connectivity index (χ3n) is 12.7. The molecule has 0 aliphatic carbocycles. The number of aliphatic hydroxyl groups excluding tert-OH is 1. The van der Waals surface area contributed by atoms with Gasteiger partial charge in [-0.15, -0.1) is 0 Å². The zero-order valence-electron chi connectivity index (χ0n) is 43.3. The average Bonchev–Trinajstić information content (AvgIpc) is 3.25. The minimum absolute atomic E-state index is 0.000274. The summed E-state index contributed by atoms with van der Waals surface area (Å²) in [6.45, 7) is 4.68. The number of likely N-dealkylation sites (N-methyl/N-ethyl adjacent to an activating group) is 1. The Morgan fingerprint density at radius 1 is 0.531 bits per heavy atom. The van der Waals surface area contributed by atoms with Gasteiger partial charge in [0.2, 0.25) is 5.91 Å². The molecule has 0 saturated carbocycles. The van der Waals surface area contributed by atoms with E-state index in [-0.39, 0.29) is 19.1 Å². The van der Waals surface area contributed by atoms with E-state index < -0.39 is 20.0 Å².